The number of nitrogens with zero attached hydrogens (tertiary/aromatic N) is 2. The highest BCUT2D eigenvalue weighted by atomic mass is 16.4. The Kier molecular flexibility index (Phi) is 5.52. The Bertz CT molecular complexity index is 392. The van der Waals surface area contributed by atoms with Crippen LogP contribution in [-0.4, -0.2) is 34.6 Å². The largest absolute Gasteiger partial charge is 0.478 e. The Morgan fingerprint density at radius 1 is 1.61 bits per heavy atom. The van der Waals surface area contributed by atoms with Gasteiger partial charge in [-0.15, -0.1) is 0 Å². The van der Waals surface area contributed by atoms with Crippen LogP contribution in [0.1, 0.15) is 31.4 Å². The third-order valence-corrected chi connectivity index (χ3v) is 2.95. The van der Waals surface area contributed by atoms with Crippen molar-refractivity contribution in [3.05, 3.63) is 42.2 Å². The summed E-state index contributed by atoms with van der Waals surface area (Å²) < 4.78 is 0. The number of carboxylic acid groups (broad SMARTS) is 1. The van der Waals surface area contributed by atoms with Crippen LogP contribution in [0, 0.1) is 0 Å². The third-order valence-electron chi connectivity index (χ3n) is 2.95. The van der Waals surface area contributed by atoms with Crippen molar-refractivity contribution in [2.45, 2.75) is 25.8 Å². The van der Waals surface area contributed by atoms with E-state index in [1.165, 1.54) is 31.9 Å². The molecular weight excluding hydrogens is 228 g/mol. The summed E-state index contributed by atoms with van der Waals surface area (Å²) in [5.74, 6) is -0.935. The summed E-state index contributed by atoms with van der Waals surface area (Å²) in [5.41, 5.74) is 1.53. The fourth-order valence-corrected chi connectivity index (χ4v) is 1.90. The number of likely N-dealkylation sites (tertiary alicyclic amines) is 1. The fraction of sp³-hybridized carbons (Fsp3) is 0.429. The van der Waals surface area contributed by atoms with E-state index in [1.54, 1.807) is 0 Å². The number of rotatable bonds is 2. The monoisotopic (exact) mass is 248 g/mol. The van der Waals surface area contributed by atoms with Crippen LogP contribution in [0.25, 0.3) is 0 Å². The average molecular weight is 248 g/mol. The van der Waals surface area contributed by atoms with Gasteiger partial charge < -0.3 is 5.11 Å². The molecule has 0 spiro atoms. The Labute approximate surface area is 108 Å². The van der Waals surface area contributed by atoms with Gasteiger partial charge in [-0.05, 0) is 45.0 Å². The summed E-state index contributed by atoms with van der Waals surface area (Å²) in [6, 6.07) is 4.79. The first-order chi connectivity index (χ1) is 8.52. The molecule has 0 bridgehead atoms. The maximum Gasteiger partial charge on any atom is 0.330 e. The van der Waals surface area contributed by atoms with E-state index in [-0.39, 0.29) is 5.57 Å². The van der Waals surface area contributed by atoms with Gasteiger partial charge >= 0.3 is 5.97 Å². The molecule has 0 aromatic carbocycles. The molecule has 2 heterocycles. The lowest BCUT2D eigenvalue weighted by atomic mass is 10.1. The van der Waals surface area contributed by atoms with Crippen molar-refractivity contribution in [1.29, 1.82) is 0 Å². The summed E-state index contributed by atoms with van der Waals surface area (Å²) >= 11 is 0. The molecule has 2 rings (SSSR count). The molecule has 0 aliphatic carbocycles. The van der Waals surface area contributed by atoms with E-state index in [4.69, 9.17) is 5.11 Å². The normalized spacial score (nSPS) is 18.9. The van der Waals surface area contributed by atoms with E-state index in [1.807, 2.05) is 18.5 Å². The molecule has 1 fully saturated rings. The quantitative estimate of drug-likeness (QED) is 0.817. The first-order valence-corrected chi connectivity index (χ1v) is 6.01. The molecular formula is C14H20N2O2. The van der Waals surface area contributed by atoms with Crippen LogP contribution in [0.3, 0.4) is 0 Å². The van der Waals surface area contributed by atoms with Crippen LogP contribution in [0.15, 0.2) is 36.7 Å². The number of carboxylic acids is 1. The molecule has 1 aliphatic heterocycles. The second-order valence-electron chi connectivity index (χ2n) is 4.51. The van der Waals surface area contributed by atoms with Crippen molar-refractivity contribution < 1.29 is 9.90 Å². The molecule has 1 aliphatic rings. The van der Waals surface area contributed by atoms with Crippen molar-refractivity contribution in [1.82, 2.24) is 9.88 Å². The van der Waals surface area contributed by atoms with E-state index < -0.39 is 5.97 Å². The molecule has 1 atom stereocenters. The molecule has 4 heteroatoms. The predicted molar refractivity (Wildman–Crippen MR) is 71.3 cm³/mol. The highest BCUT2D eigenvalue weighted by Gasteiger charge is 2.21. The Hall–Kier alpha value is -1.68. The first kappa shape index (κ1) is 14.4. The number of hydrogen-bond acceptors (Lipinski definition) is 3. The number of pyridine rings is 1. The van der Waals surface area contributed by atoms with E-state index in [2.05, 4.69) is 29.6 Å². The van der Waals surface area contributed by atoms with Crippen molar-refractivity contribution in [2.24, 2.45) is 0 Å². The van der Waals surface area contributed by atoms with Crippen LogP contribution >= 0.6 is 0 Å². The molecule has 1 N–H and O–H groups in total. The zero-order valence-corrected chi connectivity index (χ0v) is 11.0. The van der Waals surface area contributed by atoms with Crippen molar-refractivity contribution in [2.75, 3.05) is 13.6 Å². The van der Waals surface area contributed by atoms with Gasteiger partial charge in [0.2, 0.25) is 0 Å². The molecule has 0 saturated carbocycles. The van der Waals surface area contributed by atoms with E-state index in [0.29, 0.717) is 6.04 Å². The topological polar surface area (TPSA) is 53.4 Å². The van der Waals surface area contributed by atoms with Crippen LogP contribution in [0.5, 0.6) is 0 Å². The second kappa shape index (κ2) is 6.91. The van der Waals surface area contributed by atoms with Gasteiger partial charge in [-0.2, -0.15) is 0 Å². The lowest BCUT2D eigenvalue weighted by Gasteiger charge is -2.18. The molecule has 0 radical (unpaired) electrons. The zero-order chi connectivity index (χ0) is 13.5. The Morgan fingerprint density at radius 3 is 2.67 bits per heavy atom. The number of aromatic nitrogens is 1. The summed E-state index contributed by atoms with van der Waals surface area (Å²) in [6.07, 6.45) is 6.41. The number of aliphatic carboxylic acids is 1. The minimum Gasteiger partial charge on any atom is -0.478 e. The fourth-order valence-electron chi connectivity index (χ4n) is 1.90. The average Bonchev–Trinajstić information content (AvgIpc) is 2.77. The van der Waals surface area contributed by atoms with Crippen molar-refractivity contribution >= 4 is 5.97 Å². The molecule has 0 amide bonds. The maximum absolute atomic E-state index is 9.60. The van der Waals surface area contributed by atoms with Gasteiger partial charge in [0.05, 0.1) is 0 Å². The van der Waals surface area contributed by atoms with Crippen LogP contribution in [-0.2, 0) is 4.79 Å². The highest BCUT2D eigenvalue weighted by molar-refractivity contribution is 5.84. The summed E-state index contributed by atoms with van der Waals surface area (Å²) in [6.45, 7) is 5.82. The zero-order valence-electron chi connectivity index (χ0n) is 11.0. The van der Waals surface area contributed by atoms with Crippen molar-refractivity contribution in [3.8, 4) is 0 Å². The smallest absolute Gasteiger partial charge is 0.330 e. The molecule has 98 valence electrons. The summed E-state index contributed by atoms with van der Waals surface area (Å²) in [5, 5.41) is 7.89. The van der Waals surface area contributed by atoms with E-state index in [0.717, 1.165) is 0 Å². The van der Waals surface area contributed by atoms with Gasteiger partial charge in [-0.25, -0.2) is 4.79 Å². The lowest BCUT2D eigenvalue weighted by molar-refractivity contribution is -0.132. The molecule has 1 unspecified atom stereocenters. The Balaban J connectivity index is 0.000000232. The number of carbonyl (C=O) groups is 1. The van der Waals surface area contributed by atoms with Crippen LogP contribution in [0.4, 0.5) is 0 Å². The minimum atomic E-state index is -0.935. The van der Waals surface area contributed by atoms with Gasteiger partial charge in [0.1, 0.15) is 0 Å². The third kappa shape index (κ3) is 4.30. The summed E-state index contributed by atoms with van der Waals surface area (Å²) in [7, 11) is 2.19. The Morgan fingerprint density at radius 2 is 2.28 bits per heavy atom. The van der Waals surface area contributed by atoms with Crippen LogP contribution < -0.4 is 0 Å². The summed E-state index contributed by atoms with van der Waals surface area (Å²) in [4.78, 5) is 16.1. The predicted octanol–water partition coefficient (Wildman–Crippen LogP) is 2.50. The van der Waals surface area contributed by atoms with Gasteiger partial charge in [0.15, 0.2) is 0 Å². The van der Waals surface area contributed by atoms with Crippen LogP contribution in [0.2, 0.25) is 0 Å². The highest BCUT2D eigenvalue weighted by Crippen LogP contribution is 2.29. The molecule has 1 aromatic rings. The van der Waals surface area contributed by atoms with Gasteiger partial charge in [-0.3, -0.25) is 9.88 Å². The lowest BCUT2D eigenvalue weighted by Crippen LogP contribution is -2.17. The van der Waals surface area contributed by atoms with E-state index >= 15 is 0 Å². The van der Waals surface area contributed by atoms with Gasteiger partial charge in [0, 0.05) is 24.0 Å². The molecule has 18 heavy (non-hydrogen) atoms. The van der Waals surface area contributed by atoms with E-state index in [9.17, 15) is 4.79 Å². The minimum absolute atomic E-state index is 0.176. The van der Waals surface area contributed by atoms with Gasteiger partial charge in [0.25, 0.3) is 0 Å². The SMILES string of the molecule is C=C(C)C(=O)O.CN1CCCC1c1cccnc1. The molecule has 1 saturated heterocycles. The second-order valence-corrected chi connectivity index (χ2v) is 4.51. The van der Waals surface area contributed by atoms with Crippen molar-refractivity contribution in [3.63, 3.8) is 0 Å². The standard InChI is InChI=1S/C10H14N2.C4H6O2/c1-12-7-3-5-10(12)9-4-2-6-11-8-9;1-3(2)4(5)6/h2,4,6,8,10H,3,5,7H2,1H3;1H2,2H3,(H,5,6). The number of hydrogen-bond donors (Lipinski definition) is 1. The van der Waals surface area contributed by atoms with Gasteiger partial charge in [-0.1, -0.05) is 12.6 Å². The molecule has 4 nitrogen and oxygen atoms in total. The first-order valence-electron chi connectivity index (χ1n) is 6.01. The molecule has 1 aromatic heterocycles. The maximum atomic E-state index is 9.60.